The minimum absolute atomic E-state index is 0.0409. The molecule has 0 spiro atoms. The van der Waals surface area contributed by atoms with Crippen LogP contribution in [0, 0.1) is 0 Å². The maximum Gasteiger partial charge on any atom is 0.241 e. The van der Waals surface area contributed by atoms with E-state index in [0.29, 0.717) is 22.4 Å². The molecule has 0 fully saturated rings. The topological polar surface area (TPSA) is 36.4 Å². The maximum atomic E-state index is 11.7. The largest absolute Gasteiger partial charge is 0.347 e. The Kier molecular flexibility index (Phi) is 5.50. The summed E-state index contributed by atoms with van der Waals surface area (Å²) >= 11 is 17.7. The summed E-state index contributed by atoms with van der Waals surface area (Å²) in [5.74, 6) is 0.421. The minimum Gasteiger partial charge on any atom is -0.347 e. The van der Waals surface area contributed by atoms with Crippen LogP contribution in [0.15, 0.2) is 6.07 Å². The molecule has 100 valence electrons. The molecule has 0 bridgehead atoms. The van der Waals surface area contributed by atoms with Crippen LogP contribution in [0.25, 0.3) is 0 Å². The maximum absolute atomic E-state index is 11.7. The van der Waals surface area contributed by atoms with Gasteiger partial charge in [0.25, 0.3) is 0 Å². The van der Waals surface area contributed by atoms with Crippen molar-refractivity contribution in [3.05, 3.63) is 21.3 Å². The molecule has 1 amide bonds. The summed E-state index contributed by atoms with van der Waals surface area (Å²) in [7, 11) is 3.39. The second-order valence-corrected chi connectivity index (χ2v) is 5.04. The van der Waals surface area contributed by atoms with Gasteiger partial charge in [0.2, 0.25) is 5.91 Å². The van der Waals surface area contributed by atoms with Crippen LogP contribution in [0.4, 0.5) is 5.82 Å². The molecule has 0 aromatic carbocycles. The number of nitrogens with zero attached hydrogens (tertiary/aromatic N) is 3. The first-order valence-corrected chi connectivity index (χ1v) is 6.46. The number of likely N-dealkylation sites (N-methyl/N-ethyl adjacent to an activating group) is 2. The van der Waals surface area contributed by atoms with E-state index < -0.39 is 0 Å². The van der Waals surface area contributed by atoms with Gasteiger partial charge >= 0.3 is 0 Å². The van der Waals surface area contributed by atoms with Crippen molar-refractivity contribution in [2.75, 3.05) is 32.1 Å². The average Bonchev–Trinajstić information content (AvgIpc) is 2.30. The molecule has 0 aliphatic heterocycles. The first-order valence-electron chi connectivity index (χ1n) is 5.33. The zero-order valence-corrected chi connectivity index (χ0v) is 12.6. The fraction of sp³-hybridized carbons (Fsp3) is 0.455. The quantitative estimate of drug-likeness (QED) is 0.802. The van der Waals surface area contributed by atoms with Crippen LogP contribution in [-0.2, 0) is 4.79 Å². The Morgan fingerprint density at radius 3 is 2.39 bits per heavy atom. The zero-order valence-electron chi connectivity index (χ0n) is 10.4. The monoisotopic (exact) mass is 309 g/mol. The smallest absolute Gasteiger partial charge is 0.241 e. The van der Waals surface area contributed by atoms with Gasteiger partial charge in [0.15, 0.2) is 0 Å². The van der Waals surface area contributed by atoms with E-state index in [1.54, 1.807) is 19.0 Å². The predicted octanol–water partition coefficient (Wildman–Crippen LogP) is 2.96. The molecule has 0 radical (unpaired) electrons. The second-order valence-electron chi connectivity index (χ2n) is 3.87. The van der Waals surface area contributed by atoms with E-state index in [1.807, 2.05) is 6.92 Å². The standard InChI is InChI=1S/C11H14Cl3N3O/c1-4-17(6-9(18)16(2)3)11-8(13)5-7(12)10(14)15-11/h5H,4,6H2,1-3H3. The number of hydrogen-bond acceptors (Lipinski definition) is 3. The fourth-order valence-electron chi connectivity index (χ4n) is 1.30. The van der Waals surface area contributed by atoms with Gasteiger partial charge in [-0.15, -0.1) is 0 Å². The third-order valence-electron chi connectivity index (χ3n) is 2.37. The Hall–Kier alpha value is -0.710. The van der Waals surface area contributed by atoms with E-state index in [-0.39, 0.29) is 17.6 Å². The fourth-order valence-corrected chi connectivity index (χ4v) is 1.91. The molecule has 18 heavy (non-hydrogen) atoms. The summed E-state index contributed by atoms with van der Waals surface area (Å²) in [5, 5.41) is 0.838. The Morgan fingerprint density at radius 1 is 1.28 bits per heavy atom. The molecule has 0 N–H and O–H groups in total. The van der Waals surface area contributed by atoms with Crippen molar-refractivity contribution >= 4 is 46.5 Å². The lowest BCUT2D eigenvalue weighted by Gasteiger charge is -2.24. The van der Waals surface area contributed by atoms with Crippen LogP contribution in [0.5, 0.6) is 0 Å². The number of halogens is 3. The molecule has 4 nitrogen and oxygen atoms in total. The third kappa shape index (κ3) is 3.64. The summed E-state index contributed by atoms with van der Waals surface area (Å²) in [5.41, 5.74) is 0. The van der Waals surface area contributed by atoms with Gasteiger partial charge in [-0.3, -0.25) is 4.79 Å². The summed E-state index contributed by atoms with van der Waals surface area (Å²) in [6, 6.07) is 1.52. The van der Waals surface area contributed by atoms with Gasteiger partial charge in [-0.1, -0.05) is 34.8 Å². The highest BCUT2D eigenvalue weighted by Crippen LogP contribution is 2.31. The van der Waals surface area contributed by atoms with Crippen molar-refractivity contribution in [2.45, 2.75) is 6.92 Å². The van der Waals surface area contributed by atoms with Gasteiger partial charge in [-0.05, 0) is 13.0 Å². The Labute approximate surface area is 121 Å². The molecular weight excluding hydrogens is 296 g/mol. The molecule has 0 saturated carbocycles. The van der Waals surface area contributed by atoms with Gasteiger partial charge in [0, 0.05) is 20.6 Å². The van der Waals surface area contributed by atoms with Gasteiger partial charge < -0.3 is 9.80 Å². The van der Waals surface area contributed by atoms with Crippen LogP contribution < -0.4 is 4.90 Å². The molecule has 0 aliphatic carbocycles. The van der Waals surface area contributed by atoms with Crippen LogP contribution >= 0.6 is 34.8 Å². The number of amides is 1. The lowest BCUT2D eigenvalue weighted by atomic mass is 10.4. The van der Waals surface area contributed by atoms with Crippen molar-refractivity contribution in [1.29, 1.82) is 0 Å². The molecule has 7 heteroatoms. The molecule has 1 heterocycles. The molecule has 0 saturated heterocycles. The zero-order chi connectivity index (χ0) is 13.9. The summed E-state index contributed by atoms with van der Waals surface area (Å²) in [6.07, 6.45) is 0. The van der Waals surface area contributed by atoms with E-state index in [2.05, 4.69) is 4.98 Å². The summed E-state index contributed by atoms with van der Waals surface area (Å²) in [6.45, 7) is 2.68. The third-order valence-corrected chi connectivity index (χ3v) is 3.33. The van der Waals surface area contributed by atoms with Crippen LogP contribution in [0.2, 0.25) is 15.2 Å². The SMILES string of the molecule is CCN(CC(=O)N(C)C)c1nc(Cl)c(Cl)cc1Cl. The van der Waals surface area contributed by atoms with Crippen LogP contribution in [0.3, 0.4) is 0 Å². The molecule has 0 atom stereocenters. The van der Waals surface area contributed by atoms with Crippen LogP contribution in [-0.4, -0.2) is 43.0 Å². The second kappa shape index (κ2) is 6.45. The average molecular weight is 311 g/mol. The van der Waals surface area contributed by atoms with Crippen molar-refractivity contribution in [3.8, 4) is 0 Å². The van der Waals surface area contributed by atoms with Crippen molar-refractivity contribution in [3.63, 3.8) is 0 Å². The highest BCUT2D eigenvalue weighted by molar-refractivity contribution is 6.42. The molecule has 1 rings (SSSR count). The lowest BCUT2D eigenvalue weighted by Crippen LogP contribution is -2.37. The van der Waals surface area contributed by atoms with Gasteiger partial charge in [-0.25, -0.2) is 4.98 Å². The minimum atomic E-state index is -0.0409. The molecular formula is C11H14Cl3N3O. The number of anilines is 1. The van der Waals surface area contributed by atoms with Gasteiger partial charge in [0.05, 0.1) is 16.6 Å². The number of carbonyl (C=O) groups excluding carboxylic acids is 1. The normalized spacial score (nSPS) is 10.3. The highest BCUT2D eigenvalue weighted by atomic mass is 35.5. The lowest BCUT2D eigenvalue weighted by molar-refractivity contribution is -0.127. The van der Waals surface area contributed by atoms with Crippen molar-refractivity contribution in [2.24, 2.45) is 0 Å². The van der Waals surface area contributed by atoms with Gasteiger partial charge in [0.1, 0.15) is 11.0 Å². The number of pyridine rings is 1. The van der Waals surface area contributed by atoms with Crippen molar-refractivity contribution in [1.82, 2.24) is 9.88 Å². The Balaban J connectivity index is 3.02. The molecule has 0 unspecified atom stereocenters. The summed E-state index contributed by atoms with van der Waals surface area (Å²) in [4.78, 5) is 19.1. The number of aromatic nitrogens is 1. The van der Waals surface area contributed by atoms with E-state index in [9.17, 15) is 4.79 Å². The molecule has 1 aromatic heterocycles. The molecule has 1 aromatic rings. The first-order chi connectivity index (χ1) is 8.36. The predicted molar refractivity (Wildman–Crippen MR) is 75.8 cm³/mol. The van der Waals surface area contributed by atoms with E-state index in [0.717, 1.165) is 0 Å². The Morgan fingerprint density at radius 2 is 1.89 bits per heavy atom. The van der Waals surface area contributed by atoms with Crippen molar-refractivity contribution < 1.29 is 4.79 Å². The van der Waals surface area contributed by atoms with E-state index in [1.165, 1.54) is 11.0 Å². The highest BCUT2D eigenvalue weighted by Gasteiger charge is 2.17. The van der Waals surface area contributed by atoms with Crippen LogP contribution in [0.1, 0.15) is 6.92 Å². The number of rotatable bonds is 4. The van der Waals surface area contributed by atoms with E-state index >= 15 is 0 Å². The first kappa shape index (κ1) is 15.3. The number of hydrogen-bond donors (Lipinski definition) is 0. The Bertz CT molecular complexity index is 451. The van der Waals surface area contributed by atoms with Gasteiger partial charge in [-0.2, -0.15) is 0 Å². The number of carbonyl (C=O) groups is 1. The molecule has 0 aliphatic rings. The summed E-state index contributed by atoms with van der Waals surface area (Å²) < 4.78 is 0. The van der Waals surface area contributed by atoms with E-state index in [4.69, 9.17) is 34.8 Å².